The third kappa shape index (κ3) is 7.69. The number of anilines is 1. The first-order valence-electron chi connectivity index (χ1n) is 11.1. The highest BCUT2D eigenvalue weighted by Crippen LogP contribution is 2.28. The predicted octanol–water partition coefficient (Wildman–Crippen LogP) is 1.96. The number of aromatic amines is 1. The van der Waals surface area contributed by atoms with Gasteiger partial charge < -0.3 is 24.9 Å². The number of rotatable bonds is 9. The molecule has 1 heterocycles. The minimum absolute atomic E-state index is 0.0495. The zero-order valence-electron chi connectivity index (χ0n) is 20.2. The van der Waals surface area contributed by atoms with Gasteiger partial charge in [-0.3, -0.25) is 9.89 Å². The summed E-state index contributed by atoms with van der Waals surface area (Å²) >= 11 is 0. The molecule has 0 aliphatic carbocycles. The van der Waals surface area contributed by atoms with Crippen LogP contribution in [-0.2, 0) is 11.2 Å². The topological polar surface area (TPSA) is 120 Å². The van der Waals surface area contributed by atoms with Crippen LogP contribution >= 0.6 is 0 Å². The van der Waals surface area contributed by atoms with Crippen LogP contribution in [0.25, 0.3) is 0 Å². The number of nitrogens with zero attached hydrogens (tertiary/aromatic N) is 3. The summed E-state index contributed by atoms with van der Waals surface area (Å²) in [5.41, 5.74) is 1.37. The number of carbonyl (C=O) groups excluding carboxylic acids is 2. The first-order valence-corrected chi connectivity index (χ1v) is 11.1. The van der Waals surface area contributed by atoms with Gasteiger partial charge in [0.2, 0.25) is 5.82 Å². The molecule has 3 N–H and O–H groups in total. The smallest absolute Gasteiger partial charge is 0.291 e. The molecule has 9 nitrogen and oxygen atoms in total. The second kappa shape index (κ2) is 11.3. The Hall–Kier alpha value is -4.16. The maximum absolute atomic E-state index is 12.5. The molecular formula is C26H29N5O4. The van der Waals surface area contributed by atoms with Gasteiger partial charge >= 0.3 is 0 Å². The fraction of sp³-hybridized carbons (Fsp3) is 0.308. The van der Waals surface area contributed by atoms with Gasteiger partial charge in [0.05, 0.1) is 5.69 Å². The number of aromatic nitrogens is 3. The maximum Gasteiger partial charge on any atom is 0.291 e. The zero-order chi connectivity index (χ0) is 25.4. The van der Waals surface area contributed by atoms with Gasteiger partial charge in [0.25, 0.3) is 5.91 Å². The average Bonchev–Trinajstić information content (AvgIpc) is 3.29. The molecule has 1 atom stereocenters. The Kier molecular flexibility index (Phi) is 8.23. The lowest BCUT2D eigenvalue weighted by molar-refractivity contribution is -0.110. The molecule has 0 saturated carbocycles. The van der Waals surface area contributed by atoms with Crippen LogP contribution in [0.15, 0.2) is 48.5 Å². The number of hydrogen-bond acceptors (Lipinski definition) is 7. The van der Waals surface area contributed by atoms with E-state index in [0.29, 0.717) is 29.8 Å². The highest BCUT2D eigenvalue weighted by atomic mass is 16.5. The molecule has 0 saturated heterocycles. The van der Waals surface area contributed by atoms with Crippen LogP contribution in [0, 0.1) is 11.8 Å². The molecule has 182 valence electrons. The van der Waals surface area contributed by atoms with Crippen molar-refractivity contribution < 1.29 is 19.4 Å². The van der Waals surface area contributed by atoms with Gasteiger partial charge in [-0.15, -0.1) is 5.10 Å². The largest absolute Gasteiger partial charge is 0.489 e. The minimum Gasteiger partial charge on any atom is -0.489 e. The highest BCUT2D eigenvalue weighted by Gasteiger charge is 2.19. The Labute approximate surface area is 204 Å². The number of hydrogen-bond donors (Lipinski definition) is 3. The van der Waals surface area contributed by atoms with Crippen LogP contribution in [0.3, 0.4) is 0 Å². The Bertz CT molecular complexity index is 1220. The van der Waals surface area contributed by atoms with E-state index in [4.69, 9.17) is 4.74 Å². The molecule has 3 rings (SSSR count). The van der Waals surface area contributed by atoms with E-state index in [1.165, 1.54) is 0 Å². The van der Waals surface area contributed by atoms with Crippen molar-refractivity contribution in [1.29, 1.82) is 0 Å². The molecule has 9 heteroatoms. The van der Waals surface area contributed by atoms with Crippen molar-refractivity contribution in [2.24, 2.45) is 0 Å². The first kappa shape index (κ1) is 25.5. The van der Waals surface area contributed by atoms with E-state index in [0.717, 1.165) is 11.3 Å². The second-order valence-electron chi connectivity index (χ2n) is 8.68. The van der Waals surface area contributed by atoms with Crippen molar-refractivity contribution in [1.82, 2.24) is 20.5 Å². The predicted molar refractivity (Wildman–Crippen MR) is 132 cm³/mol. The lowest BCUT2D eigenvalue weighted by atomic mass is 10.1. The number of carbonyl (C=O) groups is 2. The van der Waals surface area contributed by atoms with Gasteiger partial charge in [0.1, 0.15) is 36.1 Å². The third-order valence-corrected chi connectivity index (χ3v) is 4.80. The van der Waals surface area contributed by atoms with E-state index >= 15 is 0 Å². The van der Waals surface area contributed by atoms with Gasteiger partial charge in [-0.05, 0) is 37.6 Å². The van der Waals surface area contributed by atoms with Gasteiger partial charge in [0.15, 0.2) is 0 Å². The van der Waals surface area contributed by atoms with Crippen LogP contribution in [0.1, 0.15) is 41.4 Å². The van der Waals surface area contributed by atoms with Crippen LogP contribution in [0.5, 0.6) is 5.75 Å². The number of nitrogens with one attached hydrogen (secondary N) is 2. The Morgan fingerprint density at radius 2 is 2.00 bits per heavy atom. The van der Waals surface area contributed by atoms with Gasteiger partial charge in [-0.1, -0.05) is 42.2 Å². The lowest BCUT2D eigenvalue weighted by Crippen LogP contribution is -2.40. The fourth-order valence-electron chi connectivity index (χ4n) is 3.08. The minimum atomic E-state index is -1.10. The van der Waals surface area contributed by atoms with Gasteiger partial charge in [-0.25, -0.2) is 4.98 Å². The molecule has 0 fully saturated rings. The maximum atomic E-state index is 12.5. The van der Waals surface area contributed by atoms with Gasteiger partial charge in [-0.2, -0.15) is 0 Å². The van der Waals surface area contributed by atoms with Crippen molar-refractivity contribution in [2.75, 3.05) is 25.6 Å². The number of aldehydes is 1. The molecule has 0 aliphatic rings. The van der Waals surface area contributed by atoms with Crippen molar-refractivity contribution in [3.63, 3.8) is 0 Å². The van der Waals surface area contributed by atoms with Crippen LogP contribution in [0.2, 0.25) is 0 Å². The highest BCUT2D eigenvalue weighted by molar-refractivity contribution is 5.92. The Morgan fingerprint density at radius 3 is 2.66 bits per heavy atom. The number of aliphatic hydroxyl groups is 1. The second-order valence-corrected chi connectivity index (χ2v) is 8.68. The average molecular weight is 476 g/mol. The molecule has 3 aromatic rings. The molecule has 0 aliphatic heterocycles. The van der Waals surface area contributed by atoms with Crippen LogP contribution < -0.4 is 15.0 Å². The summed E-state index contributed by atoms with van der Waals surface area (Å²) in [6, 6.07) is 14.1. The van der Waals surface area contributed by atoms with Crippen LogP contribution in [-0.4, -0.2) is 64.8 Å². The van der Waals surface area contributed by atoms with Crippen LogP contribution in [0.4, 0.5) is 5.69 Å². The summed E-state index contributed by atoms with van der Waals surface area (Å²) < 4.78 is 5.84. The lowest BCUT2D eigenvalue weighted by Gasteiger charge is -2.20. The van der Waals surface area contributed by atoms with E-state index in [2.05, 4.69) is 32.3 Å². The molecule has 1 unspecified atom stereocenters. The Balaban J connectivity index is 1.63. The van der Waals surface area contributed by atoms with E-state index in [-0.39, 0.29) is 12.4 Å². The molecule has 35 heavy (non-hydrogen) atoms. The summed E-state index contributed by atoms with van der Waals surface area (Å²) in [4.78, 5) is 30.2. The summed E-state index contributed by atoms with van der Waals surface area (Å²) in [6.45, 7) is 3.15. The monoisotopic (exact) mass is 475 g/mol. The molecular weight excluding hydrogens is 446 g/mol. The molecule has 0 radical (unpaired) electrons. The van der Waals surface area contributed by atoms with Crippen molar-refractivity contribution in [3.8, 4) is 17.6 Å². The zero-order valence-corrected chi connectivity index (χ0v) is 20.2. The van der Waals surface area contributed by atoms with E-state index < -0.39 is 17.6 Å². The third-order valence-electron chi connectivity index (χ3n) is 4.80. The van der Waals surface area contributed by atoms with Crippen molar-refractivity contribution in [3.05, 3.63) is 71.3 Å². The normalized spacial score (nSPS) is 11.7. The number of amides is 1. The Morgan fingerprint density at radius 1 is 1.26 bits per heavy atom. The SMILES string of the molecule is CN(C)c1cc(C#CC(C)(C)O)ccc1OCC(C=O)NC(=O)c1n[nH]c(Cc2ccccc2)n1. The molecule has 1 amide bonds. The quantitative estimate of drug-likeness (QED) is 0.320. The summed E-state index contributed by atoms with van der Waals surface area (Å²) in [5, 5.41) is 19.1. The van der Waals surface area contributed by atoms with E-state index in [1.54, 1.807) is 26.0 Å². The van der Waals surface area contributed by atoms with Gasteiger partial charge in [0, 0.05) is 26.1 Å². The molecule has 0 spiro atoms. The standard InChI is InChI=1S/C26H29N5O4/c1-26(2,34)13-12-19-10-11-22(21(14-19)31(3)4)35-17-20(16-32)27-25(33)24-28-23(29-30-24)15-18-8-6-5-7-9-18/h5-11,14,16,20,34H,15,17H2,1-4H3,(H,27,33)(H,28,29,30). The fourth-order valence-corrected chi connectivity index (χ4v) is 3.08. The summed E-state index contributed by atoms with van der Waals surface area (Å²) in [6.07, 6.45) is 1.11. The van der Waals surface area contributed by atoms with E-state index in [1.807, 2.05) is 55.4 Å². The molecule has 2 aromatic carbocycles. The number of benzene rings is 2. The van der Waals surface area contributed by atoms with Crippen molar-refractivity contribution >= 4 is 17.9 Å². The van der Waals surface area contributed by atoms with E-state index in [9.17, 15) is 14.7 Å². The molecule has 1 aromatic heterocycles. The molecule has 0 bridgehead atoms. The number of H-pyrrole nitrogens is 1. The number of ether oxygens (including phenoxy) is 1. The summed E-state index contributed by atoms with van der Waals surface area (Å²) in [7, 11) is 3.70. The van der Waals surface area contributed by atoms with Crippen molar-refractivity contribution in [2.45, 2.75) is 31.9 Å². The summed E-state index contributed by atoms with van der Waals surface area (Å²) in [5.74, 6) is 6.14. The first-order chi connectivity index (χ1) is 16.6.